The maximum atomic E-state index is 15.3. The summed E-state index contributed by atoms with van der Waals surface area (Å²) in [5, 5.41) is 10.2. The smallest absolute Gasteiger partial charge is 0.435 e. The number of halogens is 11. The number of hydrogen-bond donors (Lipinski definition) is 2. The van der Waals surface area contributed by atoms with Crippen LogP contribution in [0.4, 0.5) is 49.7 Å². The van der Waals surface area contributed by atoms with Gasteiger partial charge in [-0.25, -0.2) is 13.8 Å². The van der Waals surface area contributed by atoms with Crippen molar-refractivity contribution in [2.45, 2.75) is 118 Å². The van der Waals surface area contributed by atoms with E-state index in [0.29, 0.717) is 28.8 Å². The number of alkyl halides is 8. The number of thioether (sulfide) groups is 1. The second-order valence-electron chi connectivity index (χ2n) is 16.9. The molecule has 3 aliphatic carbocycles. The minimum Gasteiger partial charge on any atom is -0.593 e. The van der Waals surface area contributed by atoms with E-state index in [1.165, 1.54) is 31.2 Å². The van der Waals surface area contributed by atoms with Crippen molar-refractivity contribution in [3.05, 3.63) is 93.0 Å². The summed E-state index contributed by atoms with van der Waals surface area (Å²) in [7, 11) is 0. The summed E-state index contributed by atoms with van der Waals surface area (Å²) < 4.78 is 161. The third kappa shape index (κ3) is 10.5. The van der Waals surface area contributed by atoms with Gasteiger partial charge in [-0.3, -0.25) is 14.2 Å². The second-order valence-corrected chi connectivity index (χ2v) is 20.7. The van der Waals surface area contributed by atoms with E-state index in [9.17, 15) is 44.5 Å². The number of pyridine rings is 1. The SMILES string of the molecule is C[C@H]1CC(F)(F)c2c1c(C(F)(F)F)nn2CC(=O)NC(Cc1cc(F)cc(F)c1)c1nc(C#CC(C)(C)SC2CC2)ccc1-c1ccc(Cl)c2c(N[S+]([O-])C3CC3)nn(CC(F)(F)F)c12. The fraction of sp³-hybridized carbons (Fsp3) is 0.442. The molecule has 2 unspecified atom stereocenters. The number of hydrogen-bond acceptors (Lipinski definition) is 7. The number of benzene rings is 2. The third-order valence-electron chi connectivity index (χ3n) is 10.9. The molecule has 3 aromatic heterocycles. The number of fused-ring (bicyclic) bond motifs is 2. The van der Waals surface area contributed by atoms with E-state index in [2.05, 4.69) is 32.1 Å². The molecule has 2 aromatic carbocycles. The summed E-state index contributed by atoms with van der Waals surface area (Å²) in [6, 6.07) is 6.57. The van der Waals surface area contributed by atoms with Crippen molar-refractivity contribution in [2.75, 3.05) is 4.72 Å². The first kappa shape index (κ1) is 46.9. The number of rotatable bonds is 13. The molecule has 1 amide bonds. The number of aromatic nitrogens is 5. The highest BCUT2D eigenvalue weighted by atomic mass is 35.5. The summed E-state index contributed by atoms with van der Waals surface area (Å²) in [5.41, 5.74) is -3.75. The van der Waals surface area contributed by atoms with Crippen molar-refractivity contribution in [3.63, 3.8) is 0 Å². The molecule has 65 heavy (non-hydrogen) atoms. The Morgan fingerprint density at radius 3 is 2.31 bits per heavy atom. The van der Waals surface area contributed by atoms with Crippen molar-refractivity contribution < 1.29 is 53.3 Å². The molecule has 3 aliphatic rings. The summed E-state index contributed by atoms with van der Waals surface area (Å²) >= 11 is 6.55. The Hall–Kier alpha value is -4.65. The molecule has 5 aromatic rings. The highest BCUT2D eigenvalue weighted by molar-refractivity contribution is 8.01. The molecule has 2 fully saturated rings. The zero-order chi connectivity index (χ0) is 47.0. The van der Waals surface area contributed by atoms with E-state index < -0.39 is 107 Å². The fourth-order valence-corrected chi connectivity index (χ4v) is 10.6. The van der Waals surface area contributed by atoms with Crippen molar-refractivity contribution in [1.82, 2.24) is 29.9 Å². The lowest BCUT2D eigenvalue weighted by atomic mass is 9.93. The Bertz CT molecular complexity index is 2720. The first-order valence-corrected chi connectivity index (χ1v) is 22.8. The molecule has 8 rings (SSSR count). The third-order valence-corrected chi connectivity index (χ3v) is 14.2. The monoisotopic (exact) mass is 973 g/mol. The van der Waals surface area contributed by atoms with Crippen molar-refractivity contribution in [1.29, 1.82) is 0 Å². The maximum absolute atomic E-state index is 15.3. The average Bonchev–Trinajstić information content (AvgIpc) is 4.10. The van der Waals surface area contributed by atoms with Gasteiger partial charge in [0.15, 0.2) is 5.69 Å². The number of amides is 1. The summed E-state index contributed by atoms with van der Waals surface area (Å²) in [5.74, 6) is -2.32. The van der Waals surface area contributed by atoms with Crippen molar-refractivity contribution in [3.8, 4) is 23.0 Å². The lowest BCUT2D eigenvalue weighted by Crippen LogP contribution is -2.35. The van der Waals surface area contributed by atoms with Gasteiger partial charge in [0.2, 0.25) is 11.7 Å². The van der Waals surface area contributed by atoms with E-state index in [0.717, 1.165) is 25.0 Å². The maximum Gasteiger partial charge on any atom is 0.435 e. The van der Waals surface area contributed by atoms with Crippen LogP contribution >= 0.6 is 23.4 Å². The van der Waals surface area contributed by atoms with Crippen LogP contribution in [0.2, 0.25) is 5.02 Å². The van der Waals surface area contributed by atoms with Crippen LogP contribution in [0, 0.1) is 23.5 Å². The van der Waals surface area contributed by atoms with E-state index in [4.69, 9.17) is 16.6 Å². The van der Waals surface area contributed by atoms with Gasteiger partial charge in [-0.05, 0) is 80.8 Å². The highest BCUT2D eigenvalue weighted by Gasteiger charge is 2.53. The molecule has 2 N–H and O–H groups in total. The molecule has 3 heterocycles. The zero-order valence-corrected chi connectivity index (χ0v) is 36.9. The fourth-order valence-electron chi connectivity index (χ4n) is 7.99. The van der Waals surface area contributed by atoms with Gasteiger partial charge in [-0.2, -0.15) is 44.9 Å². The number of nitrogens with zero attached hydrogens (tertiary/aromatic N) is 5. The molecule has 0 radical (unpaired) electrons. The summed E-state index contributed by atoms with van der Waals surface area (Å²) in [6.07, 6.45) is -8.22. The van der Waals surface area contributed by atoms with Gasteiger partial charge in [0, 0.05) is 47.3 Å². The largest absolute Gasteiger partial charge is 0.593 e. The molecule has 0 spiro atoms. The van der Waals surface area contributed by atoms with E-state index in [-0.39, 0.29) is 59.8 Å². The first-order chi connectivity index (χ1) is 30.4. The predicted octanol–water partition coefficient (Wildman–Crippen LogP) is 10.8. The molecule has 22 heteroatoms. The second kappa shape index (κ2) is 17.2. The van der Waals surface area contributed by atoms with Crippen LogP contribution in [0.3, 0.4) is 0 Å². The summed E-state index contributed by atoms with van der Waals surface area (Å²) in [6.45, 7) is 2.16. The van der Waals surface area contributed by atoms with Crippen LogP contribution in [0.25, 0.3) is 22.0 Å². The standard InChI is InChI=1S/C43H38ClF10N7O2S2/c1-21-18-41(47,48)38-33(21)37(43(52,53)54)57-60(38)19-32(62)56-31(16-22-14-23(45)17-24(46)15-22)35-28(9-4-25(55-35)12-13-40(2,3)64-26-5-6-26)29-10-11-30(44)34-36(29)61(20-42(49,50)51)58-39(34)59-65(63)27-7-8-27/h4,9-11,14-15,17,21,26-27,31H,5-8,16,18-20H2,1-3H3,(H,56,62)(H,58,59)/t21-,31?,65?/m0/s1. The molecule has 3 atom stereocenters. The normalized spacial score (nSPS) is 18.3. The Balaban J connectivity index is 1.30. The average molecular weight is 974 g/mol. The Morgan fingerprint density at radius 2 is 1.68 bits per heavy atom. The van der Waals surface area contributed by atoms with Gasteiger partial charge >= 0.3 is 12.4 Å². The molecule has 346 valence electrons. The van der Waals surface area contributed by atoms with Crippen LogP contribution < -0.4 is 10.0 Å². The zero-order valence-electron chi connectivity index (χ0n) is 34.5. The van der Waals surface area contributed by atoms with Crippen molar-refractivity contribution >= 4 is 57.4 Å². The highest BCUT2D eigenvalue weighted by Crippen LogP contribution is 2.52. The van der Waals surface area contributed by atoms with E-state index in [1.807, 2.05) is 13.8 Å². The molecular weight excluding hydrogens is 936 g/mol. The van der Waals surface area contributed by atoms with Crippen LogP contribution in [0.5, 0.6) is 0 Å². The van der Waals surface area contributed by atoms with E-state index in [1.54, 1.807) is 11.8 Å². The lowest BCUT2D eigenvalue weighted by molar-refractivity contribution is -0.143. The number of carbonyl (C=O) groups excluding carboxylic acids is 1. The molecule has 9 nitrogen and oxygen atoms in total. The van der Waals surface area contributed by atoms with Gasteiger partial charge in [0.05, 0.1) is 43.8 Å². The molecule has 0 saturated heterocycles. The minimum absolute atomic E-state index is 0.00366. The topological polar surface area (TPSA) is 113 Å². The number of nitrogens with one attached hydrogen (secondary N) is 2. The van der Waals surface area contributed by atoms with Gasteiger partial charge in [-0.15, -0.1) is 16.9 Å². The predicted molar refractivity (Wildman–Crippen MR) is 225 cm³/mol. The molecular formula is C43H38ClF10N7O2S2. The van der Waals surface area contributed by atoms with Gasteiger partial charge in [0.25, 0.3) is 5.92 Å². The quantitative estimate of drug-likeness (QED) is 0.0686. The van der Waals surface area contributed by atoms with Crippen LogP contribution in [-0.4, -0.2) is 56.4 Å². The Labute approximate surface area is 377 Å². The van der Waals surface area contributed by atoms with Gasteiger partial charge in [0.1, 0.15) is 41.4 Å². The van der Waals surface area contributed by atoms with Crippen LogP contribution in [0.1, 0.15) is 98.7 Å². The first-order valence-electron chi connectivity index (χ1n) is 20.3. The minimum atomic E-state index is -5.15. The van der Waals surface area contributed by atoms with Crippen LogP contribution in [-0.2, 0) is 47.8 Å². The Morgan fingerprint density at radius 1 is 1.00 bits per heavy atom. The van der Waals surface area contributed by atoms with Crippen molar-refractivity contribution in [2.24, 2.45) is 0 Å². The Kier molecular flexibility index (Phi) is 12.4. The molecule has 2 saturated carbocycles. The van der Waals surface area contributed by atoms with Crippen LogP contribution in [0.15, 0.2) is 42.5 Å². The lowest BCUT2D eigenvalue weighted by Gasteiger charge is -2.23. The van der Waals surface area contributed by atoms with E-state index >= 15 is 8.78 Å². The summed E-state index contributed by atoms with van der Waals surface area (Å²) in [4.78, 5) is 18.9. The number of carbonyl (C=O) groups is 1. The van der Waals surface area contributed by atoms with Gasteiger partial charge < -0.3 is 9.87 Å². The molecule has 0 aliphatic heterocycles. The number of anilines is 1. The molecule has 0 bridgehead atoms. The van der Waals surface area contributed by atoms with Gasteiger partial charge in [-0.1, -0.05) is 30.5 Å².